The van der Waals surface area contributed by atoms with Gasteiger partial charge < -0.3 is 4.98 Å². The summed E-state index contributed by atoms with van der Waals surface area (Å²) in [5.74, 6) is 0.757. The minimum atomic E-state index is 0.757. The van der Waals surface area contributed by atoms with E-state index in [1.54, 1.807) is 0 Å². The Labute approximate surface area is 146 Å². The standard InChI is InChI=1S/C21H20N4/c1-13-7-6-9-16-14(2)11-20(24-21(13)16)25-22-12-18-15(3)23-19-10-5-4-8-17(18)19/h4-12,23H,1-3H3,(H,24,25). The first-order chi connectivity index (χ1) is 12.1. The van der Waals surface area contributed by atoms with Crippen LogP contribution in [0.15, 0.2) is 53.6 Å². The topological polar surface area (TPSA) is 53.1 Å². The van der Waals surface area contributed by atoms with Gasteiger partial charge in [0.05, 0.1) is 11.7 Å². The predicted molar refractivity (Wildman–Crippen MR) is 105 cm³/mol. The zero-order valence-corrected chi connectivity index (χ0v) is 14.6. The number of rotatable bonds is 3. The number of hydrogen-bond acceptors (Lipinski definition) is 3. The maximum Gasteiger partial charge on any atom is 0.147 e. The van der Waals surface area contributed by atoms with Crippen molar-refractivity contribution in [2.24, 2.45) is 5.10 Å². The highest BCUT2D eigenvalue weighted by atomic mass is 15.3. The lowest BCUT2D eigenvalue weighted by atomic mass is 10.1. The third-order valence-electron chi connectivity index (χ3n) is 4.56. The van der Waals surface area contributed by atoms with E-state index in [2.05, 4.69) is 66.6 Å². The molecule has 2 heterocycles. The predicted octanol–water partition coefficient (Wildman–Crippen LogP) is 5.09. The van der Waals surface area contributed by atoms with Crippen LogP contribution in [0.2, 0.25) is 0 Å². The summed E-state index contributed by atoms with van der Waals surface area (Å²) < 4.78 is 0. The molecular formula is C21H20N4. The number of fused-ring (bicyclic) bond motifs is 2. The van der Waals surface area contributed by atoms with Gasteiger partial charge in [-0.1, -0.05) is 36.4 Å². The summed E-state index contributed by atoms with van der Waals surface area (Å²) >= 11 is 0. The Morgan fingerprint density at radius 2 is 1.76 bits per heavy atom. The summed E-state index contributed by atoms with van der Waals surface area (Å²) in [4.78, 5) is 8.09. The minimum absolute atomic E-state index is 0.757. The number of hydrazone groups is 1. The molecule has 0 amide bonds. The van der Waals surface area contributed by atoms with Crippen LogP contribution >= 0.6 is 0 Å². The van der Waals surface area contributed by atoms with E-state index in [9.17, 15) is 0 Å². The van der Waals surface area contributed by atoms with Crippen molar-refractivity contribution in [1.29, 1.82) is 0 Å². The second-order valence-corrected chi connectivity index (χ2v) is 6.37. The van der Waals surface area contributed by atoms with Gasteiger partial charge in [-0.2, -0.15) is 5.10 Å². The van der Waals surface area contributed by atoms with Gasteiger partial charge in [-0.15, -0.1) is 0 Å². The van der Waals surface area contributed by atoms with Crippen molar-refractivity contribution in [2.45, 2.75) is 20.8 Å². The molecular weight excluding hydrogens is 308 g/mol. The summed E-state index contributed by atoms with van der Waals surface area (Å²) in [6, 6.07) is 16.5. The third kappa shape index (κ3) is 2.76. The summed E-state index contributed by atoms with van der Waals surface area (Å²) in [7, 11) is 0. The fourth-order valence-electron chi connectivity index (χ4n) is 3.25. The van der Waals surface area contributed by atoms with Crippen molar-refractivity contribution in [2.75, 3.05) is 5.43 Å². The molecule has 0 aliphatic rings. The molecule has 2 aromatic carbocycles. The molecule has 25 heavy (non-hydrogen) atoms. The van der Waals surface area contributed by atoms with Gasteiger partial charge in [0.15, 0.2) is 0 Å². The van der Waals surface area contributed by atoms with Gasteiger partial charge >= 0.3 is 0 Å². The van der Waals surface area contributed by atoms with Crippen molar-refractivity contribution < 1.29 is 0 Å². The van der Waals surface area contributed by atoms with Gasteiger partial charge in [-0.3, -0.25) is 5.43 Å². The number of pyridine rings is 1. The van der Waals surface area contributed by atoms with E-state index < -0.39 is 0 Å². The Balaban J connectivity index is 1.67. The second-order valence-electron chi connectivity index (χ2n) is 6.37. The maximum atomic E-state index is 4.71. The average Bonchev–Trinajstić information content (AvgIpc) is 2.92. The number of para-hydroxylation sites is 2. The first-order valence-electron chi connectivity index (χ1n) is 8.37. The van der Waals surface area contributed by atoms with Crippen molar-refractivity contribution in [3.05, 3.63) is 70.9 Å². The molecule has 0 atom stereocenters. The van der Waals surface area contributed by atoms with Gasteiger partial charge in [0, 0.05) is 27.5 Å². The smallest absolute Gasteiger partial charge is 0.147 e. The third-order valence-corrected chi connectivity index (χ3v) is 4.56. The first kappa shape index (κ1) is 15.4. The van der Waals surface area contributed by atoms with Gasteiger partial charge in [0.25, 0.3) is 0 Å². The molecule has 4 rings (SSSR count). The van der Waals surface area contributed by atoms with E-state index in [1.807, 2.05) is 24.4 Å². The zero-order chi connectivity index (χ0) is 17.4. The number of aromatic amines is 1. The Kier molecular flexibility index (Phi) is 3.73. The monoisotopic (exact) mass is 328 g/mol. The number of aromatic nitrogens is 2. The van der Waals surface area contributed by atoms with E-state index in [0.717, 1.165) is 28.1 Å². The second kappa shape index (κ2) is 6.06. The molecule has 4 aromatic rings. The fraction of sp³-hybridized carbons (Fsp3) is 0.143. The molecule has 0 aliphatic heterocycles. The van der Waals surface area contributed by atoms with Crippen LogP contribution in [0.5, 0.6) is 0 Å². The number of anilines is 1. The Morgan fingerprint density at radius 1 is 0.960 bits per heavy atom. The lowest BCUT2D eigenvalue weighted by Gasteiger charge is -2.07. The van der Waals surface area contributed by atoms with Gasteiger partial charge in [-0.25, -0.2) is 4.98 Å². The van der Waals surface area contributed by atoms with Crippen LogP contribution in [0.1, 0.15) is 22.4 Å². The molecule has 0 unspecified atom stereocenters. The molecule has 0 radical (unpaired) electrons. The van der Waals surface area contributed by atoms with Gasteiger partial charge in [0.1, 0.15) is 5.82 Å². The van der Waals surface area contributed by atoms with E-state index in [1.165, 1.54) is 21.9 Å². The molecule has 0 fully saturated rings. The largest absolute Gasteiger partial charge is 0.358 e. The van der Waals surface area contributed by atoms with Gasteiger partial charge in [-0.05, 0) is 44.0 Å². The quantitative estimate of drug-likeness (QED) is 0.407. The molecule has 124 valence electrons. The lowest BCUT2D eigenvalue weighted by Crippen LogP contribution is -1.96. The highest BCUT2D eigenvalue weighted by Crippen LogP contribution is 2.23. The van der Waals surface area contributed by atoms with Crippen molar-refractivity contribution >= 4 is 33.8 Å². The van der Waals surface area contributed by atoms with Crippen LogP contribution in [0, 0.1) is 20.8 Å². The Morgan fingerprint density at radius 3 is 2.64 bits per heavy atom. The van der Waals surface area contributed by atoms with E-state index >= 15 is 0 Å². The first-order valence-corrected chi connectivity index (χ1v) is 8.37. The number of H-pyrrole nitrogens is 1. The molecule has 2 N–H and O–H groups in total. The summed E-state index contributed by atoms with van der Waals surface area (Å²) in [6.45, 7) is 6.24. The lowest BCUT2D eigenvalue weighted by molar-refractivity contribution is 1.24. The summed E-state index contributed by atoms with van der Waals surface area (Å²) in [6.07, 6.45) is 1.85. The minimum Gasteiger partial charge on any atom is -0.358 e. The Bertz CT molecular complexity index is 1110. The number of aryl methyl sites for hydroxylation is 3. The van der Waals surface area contributed by atoms with Crippen LogP contribution in [-0.4, -0.2) is 16.2 Å². The highest BCUT2D eigenvalue weighted by molar-refractivity contribution is 6.00. The molecule has 4 heteroatoms. The van der Waals surface area contributed by atoms with Crippen molar-refractivity contribution in [1.82, 2.24) is 9.97 Å². The average molecular weight is 328 g/mol. The van der Waals surface area contributed by atoms with Crippen molar-refractivity contribution in [3.8, 4) is 0 Å². The van der Waals surface area contributed by atoms with E-state index in [0.29, 0.717) is 0 Å². The SMILES string of the molecule is Cc1[nH]c2ccccc2c1C=NNc1cc(C)c2cccc(C)c2n1. The Hall–Kier alpha value is -3.14. The summed E-state index contributed by atoms with van der Waals surface area (Å²) in [5, 5.41) is 6.77. The van der Waals surface area contributed by atoms with Gasteiger partial charge in [0.2, 0.25) is 0 Å². The van der Waals surface area contributed by atoms with E-state index in [-0.39, 0.29) is 0 Å². The number of nitrogens with one attached hydrogen (secondary N) is 2. The number of nitrogens with zero attached hydrogens (tertiary/aromatic N) is 2. The maximum absolute atomic E-state index is 4.71. The van der Waals surface area contributed by atoms with Crippen LogP contribution in [0.4, 0.5) is 5.82 Å². The fourth-order valence-corrected chi connectivity index (χ4v) is 3.25. The molecule has 0 spiro atoms. The molecule has 0 aliphatic carbocycles. The molecule has 0 saturated heterocycles. The number of hydrogen-bond donors (Lipinski definition) is 2. The molecule has 0 bridgehead atoms. The number of benzene rings is 2. The highest BCUT2D eigenvalue weighted by Gasteiger charge is 2.06. The molecule has 4 nitrogen and oxygen atoms in total. The van der Waals surface area contributed by atoms with E-state index in [4.69, 9.17) is 4.98 Å². The van der Waals surface area contributed by atoms with Crippen molar-refractivity contribution in [3.63, 3.8) is 0 Å². The van der Waals surface area contributed by atoms with Crippen LogP contribution < -0.4 is 5.43 Å². The molecule has 2 aromatic heterocycles. The zero-order valence-electron chi connectivity index (χ0n) is 14.6. The van der Waals surface area contributed by atoms with Crippen LogP contribution in [0.3, 0.4) is 0 Å². The van der Waals surface area contributed by atoms with Crippen LogP contribution in [-0.2, 0) is 0 Å². The summed E-state index contributed by atoms with van der Waals surface area (Å²) in [5.41, 5.74) is 9.77. The normalized spacial score (nSPS) is 11.6. The van der Waals surface area contributed by atoms with Crippen LogP contribution in [0.25, 0.3) is 21.8 Å². The molecule has 0 saturated carbocycles.